The van der Waals surface area contributed by atoms with Crippen LogP contribution in [0.2, 0.25) is 5.02 Å². The number of carbonyl (C=O) groups excluding carboxylic acids is 1. The molecule has 1 aromatic rings. The molecule has 2 heterocycles. The molecule has 1 fully saturated rings. The van der Waals surface area contributed by atoms with Gasteiger partial charge in [-0.1, -0.05) is 11.6 Å². The molecule has 0 aliphatic carbocycles. The van der Waals surface area contributed by atoms with Crippen molar-refractivity contribution in [2.45, 2.75) is 30.2 Å². The summed E-state index contributed by atoms with van der Waals surface area (Å²) in [6, 6.07) is 0.632. The zero-order valence-corrected chi connectivity index (χ0v) is 11.7. The third kappa shape index (κ3) is 3.43. The van der Waals surface area contributed by atoms with Gasteiger partial charge in [0.25, 0.3) is 0 Å². The van der Waals surface area contributed by atoms with Gasteiger partial charge in [0.15, 0.2) is 0 Å². The second-order valence-corrected chi connectivity index (χ2v) is 6.36. The summed E-state index contributed by atoms with van der Waals surface area (Å²) >= 11 is 5.84. The Bertz CT molecular complexity index is 576. The van der Waals surface area contributed by atoms with Gasteiger partial charge in [-0.3, -0.25) is 9.78 Å². The normalized spacial score (nSPS) is 20.7. The number of hydrogen-bond donors (Lipinski definition) is 2. The van der Waals surface area contributed by atoms with Crippen molar-refractivity contribution in [3.05, 3.63) is 23.5 Å². The van der Waals surface area contributed by atoms with E-state index in [9.17, 15) is 13.2 Å². The number of nitrogens with zero attached hydrogens (tertiary/aromatic N) is 1. The molecule has 1 amide bonds. The van der Waals surface area contributed by atoms with E-state index >= 15 is 0 Å². The summed E-state index contributed by atoms with van der Waals surface area (Å²) in [5, 5.41) is 2.75. The Labute approximate surface area is 116 Å². The highest BCUT2D eigenvalue weighted by atomic mass is 35.5. The Morgan fingerprint density at radius 3 is 2.95 bits per heavy atom. The van der Waals surface area contributed by atoms with Crippen molar-refractivity contribution >= 4 is 27.5 Å². The SMILES string of the molecule is O=C1NCCCCC1NS(=O)(=O)c1cnccc1Cl. The number of pyridine rings is 1. The number of nitrogens with one attached hydrogen (secondary N) is 2. The molecule has 1 aliphatic heterocycles. The van der Waals surface area contributed by atoms with Crippen molar-refractivity contribution in [3.63, 3.8) is 0 Å². The van der Waals surface area contributed by atoms with Crippen LogP contribution in [-0.4, -0.2) is 31.9 Å². The van der Waals surface area contributed by atoms with Crippen LogP contribution in [0.15, 0.2) is 23.4 Å². The van der Waals surface area contributed by atoms with E-state index in [-0.39, 0.29) is 15.8 Å². The zero-order chi connectivity index (χ0) is 13.9. The van der Waals surface area contributed by atoms with E-state index in [1.807, 2.05) is 0 Å². The molecule has 2 rings (SSSR count). The lowest BCUT2D eigenvalue weighted by Crippen LogP contribution is -2.45. The van der Waals surface area contributed by atoms with E-state index in [1.54, 1.807) is 0 Å². The summed E-state index contributed by atoms with van der Waals surface area (Å²) in [5.74, 6) is -0.305. The third-order valence-corrected chi connectivity index (χ3v) is 4.80. The summed E-state index contributed by atoms with van der Waals surface area (Å²) in [7, 11) is -3.84. The van der Waals surface area contributed by atoms with Gasteiger partial charge in [-0.25, -0.2) is 8.42 Å². The van der Waals surface area contributed by atoms with Crippen LogP contribution in [0.5, 0.6) is 0 Å². The average molecular weight is 304 g/mol. The predicted molar refractivity (Wildman–Crippen MR) is 70.2 cm³/mol. The lowest BCUT2D eigenvalue weighted by atomic mass is 10.1. The van der Waals surface area contributed by atoms with Crippen LogP contribution in [0, 0.1) is 0 Å². The van der Waals surface area contributed by atoms with E-state index in [4.69, 9.17) is 11.6 Å². The van der Waals surface area contributed by atoms with E-state index in [2.05, 4.69) is 15.0 Å². The minimum Gasteiger partial charge on any atom is -0.355 e. The van der Waals surface area contributed by atoms with E-state index in [0.29, 0.717) is 13.0 Å². The van der Waals surface area contributed by atoms with Crippen molar-refractivity contribution in [2.24, 2.45) is 0 Å². The molecule has 1 unspecified atom stereocenters. The number of carbonyl (C=O) groups is 1. The molecular formula is C11H14ClN3O3S. The molecule has 19 heavy (non-hydrogen) atoms. The maximum atomic E-state index is 12.2. The van der Waals surface area contributed by atoms with Crippen LogP contribution in [-0.2, 0) is 14.8 Å². The monoisotopic (exact) mass is 303 g/mol. The molecule has 2 N–H and O–H groups in total. The Hall–Kier alpha value is -1.18. The van der Waals surface area contributed by atoms with Gasteiger partial charge < -0.3 is 5.32 Å². The summed E-state index contributed by atoms with van der Waals surface area (Å²) < 4.78 is 26.7. The van der Waals surface area contributed by atoms with Crippen molar-refractivity contribution in [3.8, 4) is 0 Å². The predicted octanol–water partition coefficient (Wildman–Crippen LogP) is 0.682. The topological polar surface area (TPSA) is 88.2 Å². The van der Waals surface area contributed by atoms with Gasteiger partial charge in [-0.2, -0.15) is 4.72 Å². The lowest BCUT2D eigenvalue weighted by Gasteiger charge is -2.15. The first-order valence-electron chi connectivity index (χ1n) is 5.90. The highest BCUT2D eigenvalue weighted by molar-refractivity contribution is 7.89. The standard InChI is InChI=1S/C11H14ClN3O3S/c12-8-4-6-13-7-10(8)19(17,18)15-9-3-1-2-5-14-11(9)16/h4,6-7,9,15H,1-3,5H2,(H,14,16). The molecule has 1 saturated heterocycles. The summed E-state index contributed by atoms with van der Waals surface area (Å²) in [5.41, 5.74) is 0. The van der Waals surface area contributed by atoms with Crippen LogP contribution in [0.1, 0.15) is 19.3 Å². The fourth-order valence-corrected chi connectivity index (χ4v) is 3.52. The molecule has 1 aliphatic rings. The first-order valence-corrected chi connectivity index (χ1v) is 7.76. The molecule has 0 spiro atoms. The Kier molecular flexibility index (Phi) is 4.38. The van der Waals surface area contributed by atoms with Gasteiger partial charge in [0, 0.05) is 18.9 Å². The average Bonchev–Trinajstić information content (AvgIpc) is 2.55. The summed E-state index contributed by atoms with van der Waals surface area (Å²) in [6.07, 6.45) is 4.67. The fourth-order valence-electron chi connectivity index (χ4n) is 1.86. The van der Waals surface area contributed by atoms with E-state index in [0.717, 1.165) is 12.8 Å². The summed E-state index contributed by atoms with van der Waals surface area (Å²) in [6.45, 7) is 0.574. The third-order valence-electron chi connectivity index (χ3n) is 2.86. The number of hydrogen-bond acceptors (Lipinski definition) is 4. The van der Waals surface area contributed by atoms with Crippen LogP contribution < -0.4 is 10.0 Å². The van der Waals surface area contributed by atoms with Crippen molar-refractivity contribution < 1.29 is 13.2 Å². The van der Waals surface area contributed by atoms with Crippen molar-refractivity contribution in [2.75, 3.05) is 6.54 Å². The molecule has 0 aromatic carbocycles. The molecule has 0 bridgehead atoms. The zero-order valence-electron chi connectivity index (χ0n) is 10.1. The lowest BCUT2D eigenvalue weighted by molar-refractivity contribution is -0.122. The van der Waals surface area contributed by atoms with Gasteiger partial charge in [0.1, 0.15) is 10.9 Å². The van der Waals surface area contributed by atoms with Gasteiger partial charge in [0.2, 0.25) is 15.9 Å². The highest BCUT2D eigenvalue weighted by Gasteiger charge is 2.28. The smallest absolute Gasteiger partial charge is 0.244 e. The minimum absolute atomic E-state index is 0.0801. The van der Waals surface area contributed by atoms with Gasteiger partial charge in [-0.05, 0) is 25.3 Å². The number of amides is 1. The highest BCUT2D eigenvalue weighted by Crippen LogP contribution is 2.20. The quantitative estimate of drug-likeness (QED) is 0.859. The largest absolute Gasteiger partial charge is 0.355 e. The van der Waals surface area contributed by atoms with Gasteiger partial charge in [0.05, 0.1) is 5.02 Å². The second-order valence-electron chi connectivity index (χ2n) is 4.27. The Morgan fingerprint density at radius 2 is 2.21 bits per heavy atom. The van der Waals surface area contributed by atoms with Crippen molar-refractivity contribution in [1.29, 1.82) is 0 Å². The molecule has 0 saturated carbocycles. The molecule has 104 valence electrons. The van der Waals surface area contributed by atoms with E-state index < -0.39 is 16.1 Å². The summed E-state index contributed by atoms with van der Waals surface area (Å²) in [4.78, 5) is 15.3. The van der Waals surface area contributed by atoms with Crippen LogP contribution in [0.25, 0.3) is 0 Å². The van der Waals surface area contributed by atoms with Crippen molar-refractivity contribution in [1.82, 2.24) is 15.0 Å². The number of rotatable bonds is 3. The first-order chi connectivity index (χ1) is 9.00. The molecule has 1 atom stereocenters. The Balaban J connectivity index is 2.21. The van der Waals surface area contributed by atoms with Crippen LogP contribution in [0.4, 0.5) is 0 Å². The molecular weight excluding hydrogens is 290 g/mol. The minimum atomic E-state index is -3.84. The molecule has 8 heteroatoms. The number of sulfonamides is 1. The molecule has 0 radical (unpaired) electrons. The fraction of sp³-hybridized carbons (Fsp3) is 0.455. The van der Waals surface area contributed by atoms with Crippen LogP contribution in [0.3, 0.4) is 0 Å². The Morgan fingerprint density at radius 1 is 1.42 bits per heavy atom. The first kappa shape index (κ1) is 14.2. The second kappa shape index (κ2) is 5.85. The number of aromatic nitrogens is 1. The molecule has 1 aromatic heterocycles. The number of halogens is 1. The van der Waals surface area contributed by atoms with Gasteiger partial charge >= 0.3 is 0 Å². The van der Waals surface area contributed by atoms with Gasteiger partial charge in [-0.15, -0.1) is 0 Å². The van der Waals surface area contributed by atoms with E-state index in [1.165, 1.54) is 18.5 Å². The van der Waals surface area contributed by atoms with Crippen LogP contribution >= 0.6 is 11.6 Å². The maximum Gasteiger partial charge on any atom is 0.244 e. The molecule has 6 nitrogen and oxygen atoms in total. The maximum absolute atomic E-state index is 12.2.